The molecule has 3 rings (SSSR count). The second kappa shape index (κ2) is 3.20. The number of ketones is 1. The van der Waals surface area contributed by atoms with E-state index in [4.69, 9.17) is 0 Å². The highest BCUT2D eigenvalue weighted by Gasteiger charge is 2.55. The lowest BCUT2D eigenvalue weighted by molar-refractivity contribution is -0.129. The molecule has 3 atom stereocenters. The molecule has 3 aliphatic carbocycles. The zero-order valence-electron chi connectivity index (χ0n) is 9.59. The van der Waals surface area contributed by atoms with Gasteiger partial charge in [-0.25, -0.2) is 0 Å². The van der Waals surface area contributed by atoms with Crippen molar-refractivity contribution in [2.24, 2.45) is 17.3 Å². The first-order valence-corrected chi connectivity index (χ1v) is 6.51. The number of carbonyl (C=O) groups is 1. The van der Waals surface area contributed by atoms with E-state index < -0.39 is 0 Å². The number of carbonyl (C=O) groups excluding carboxylic acids is 1. The molecule has 3 aliphatic rings. The first-order valence-electron chi connectivity index (χ1n) is 6.51. The number of hydrogen-bond acceptors (Lipinski definition) is 1. The largest absolute Gasteiger partial charge is 0.299 e. The van der Waals surface area contributed by atoms with Gasteiger partial charge in [-0.3, -0.25) is 4.79 Å². The molecule has 2 saturated carbocycles. The first kappa shape index (κ1) is 9.62. The van der Waals surface area contributed by atoms with E-state index in [1.807, 2.05) is 0 Å². The molecule has 0 aromatic heterocycles. The lowest BCUT2D eigenvalue weighted by Gasteiger charge is -2.30. The normalized spacial score (nSPS) is 43.8. The molecule has 15 heavy (non-hydrogen) atoms. The van der Waals surface area contributed by atoms with Gasteiger partial charge in [0, 0.05) is 11.3 Å². The van der Waals surface area contributed by atoms with Gasteiger partial charge in [0.15, 0.2) is 0 Å². The number of Topliss-reactive ketones (excluding diaryl/α,β-unsaturated/α-hetero) is 1. The van der Waals surface area contributed by atoms with Crippen LogP contribution in [0.2, 0.25) is 0 Å². The molecule has 0 N–H and O–H groups in total. The van der Waals surface area contributed by atoms with Gasteiger partial charge in [0.2, 0.25) is 0 Å². The van der Waals surface area contributed by atoms with Gasteiger partial charge in [-0.05, 0) is 44.4 Å². The van der Waals surface area contributed by atoms with Gasteiger partial charge in [-0.2, -0.15) is 0 Å². The van der Waals surface area contributed by atoms with Crippen LogP contribution in [0.4, 0.5) is 0 Å². The number of fused-ring (bicyclic) bond motifs is 1. The molecule has 1 nitrogen and oxygen atoms in total. The van der Waals surface area contributed by atoms with E-state index >= 15 is 0 Å². The van der Waals surface area contributed by atoms with E-state index in [0.717, 1.165) is 12.8 Å². The van der Waals surface area contributed by atoms with Crippen molar-refractivity contribution < 1.29 is 4.79 Å². The summed E-state index contributed by atoms with van der Waals surface area (Å²) in [4.78, 5) is 12.4. The van der Waals surface area contributed by atoms with Crippen LogP contribution in [0.25, 0.3) is 0 Å². The van der Waals surface area contributed by atoms with Crippen LogP contribution in [0, 0.1) is 17.3 Å². The Hall–Kier alpha value is -0.590. The predicted molar refractivity (Wildman–Crippen MR) is 60.5 cm³/mol. The topological polar surface area (TPSA) is 17.1 Å². The number of rotatable bonds is 1. The zero-order valence-corrected chi connectivity index (χ0v) is 9.59. The third-order valence-electron chi connectivity index (χ3n) is 5.10. The highest BCUT2D eigenvalue weighted by atomic mass is 16.1. The summed E-state index contributed by atoms with van der Waals surface area (Å²) >= 11 is 0. The van der Waals surface area contributed by atoms with E-state index in [9.17, 15) is 4.79 Å². The van der Waals surface area contributed by atoms with Gasteiger partial charge in [-0.1, -0.05) is 25.0 Å². The zero-order chi connectivity index (χ0) is 10.5. The van der Waals surface area contributed by atoms with Gasteiger partial charge in [0.1, 0.15) is 5.78 Å². The average Bonchev–Trinajstić information content (AvgIpc) is 2.74. The summed E-state index contributed by atoms with van der Waals surface area (Å²) in [5.41, 5.74) is 1.71. The standard InChI is InChI=1S/C14H20O/c1-2-10-5-6-11-7-9-14(13(11)15)8-3-4-12(10)14/h5,11-12H,2-4,6-9H2,1H3/t11-,12-,14-/m0/s1. The Morgan fingerprint density at radius 2 is 2.27 bits per heavy atom. The second-order valence-electron chi connectivity index (χ2n) is 5.57. The Labute approximate surface area is 91.9 Å². The van der Waals surface area contributed by atoms with Crippen molar-refractivity contribution in [1.29, 1.82) is 0 Å². The predicted octanol–water partition coefficient (Wildman–Crippen LogP) is 3.49. The molecule has 82 valence electrons. The summed E-state index contributed by atoms with van der Waals surface area (Å²) in [7, 11) is 0. The molecule has 0 aromatic carbocycles. The third-order valence-corrected chi connectivity index (χ3v) is 5.10. The smallest absolute Gasteiger partial charge is 0.143 e. The van der Waals surface area contributed by atoms with Crippen LogP contribution in [0.5, 0.6) is 0 Å². The minimum Gasteiger partial charge on any atom is -0.299 e. The van der Waals surface area contributed by atoms with Gasteiger partial charge in [-0.15, -0.1) is 0 Å². The van der Waals surface area contributed by atoms with Crippen LogP contribution < -0.4 is 0 Å². The minimum atomic E-state index is 0.114. The highest BCUT2D eigenvalue weighted by Crippen LogP contribution is 2.58. The van der Waals surface area contributed by atoms with Crippen LogP contribution in [0.3, 0.4) is 0 Å². The summed E-state index contributed by atoms with van der Waals surface area (Å²) in [5.74, 6) is 1.64. The molecular formula is C14H20O. The van der Waals surface area contributed by atoms with Gasteiger partial charge in [0.05, 0.1) is 0 Å². The van der Waals surface area contributed by atoms with Crippen LogP contribution in [-0.4, -0.2) is 5.78 Å². The molecule has 0 aliphatic heterocycles. The Morgan fingerprint density at radius 1 is 1.40 bits per heavy atom. The van der Waals surface area contributed by atoms with Gasteiger partial charge in [0.25, 0.3) is 0 Å². The fourth-order valence-corrected chi connectivity index (χ4v) is 4.35. The molecule has 0 unspecified atom stereocenters. The lowest BCUT2D eigenvalue weighted by atomic mass is 9.72. The van der Waals surface area contributed by atoms with E-state index in [0.29, 0.717) is 17.6 Å². The Morgan fingerprint density at radius 3 is 3.07 bits per heavy atom. The Bertz CT molecular complexity index is 328. The van der Waals surface area contributed by atoms with Crippen molar-refractivity contribution in [3.05, 3.63) is 11.6 Å². The second-order valence-corrected chi connectivity index (χ2v) is 5.57. The Balaban J connectivity index is 2.06. The fraction of sp³-hybridized carbons (Fsp3) is 0.786. The molecule has 0 aromatic rings. The first-order chi connectivity index (χ1) is 7.28. The van der Waals surface area contributed by atoms with Crippen molar-refractivity contribution in [2.45, 2.75) is 51.9 Å². The maximum Gasteiger partial charge on any atom is 0.143 e. The molecule has 0 radical (unpaired) electrons. The van der Waals surface area contributed by atoms with Crippen molar-refractivity contribution >= 4 is 5.78 Å². The summed E-state index contributed by atoms with van der Waals surface area (Å²) in [6.07, 6.45) is 10.7. The Kier molecular flexibility index (Phi) is 2.05. The average molecular weight is 204 g/mol. The minimum absolute atomic E-state index is 0.114. The highest BCUT2D eigenvalue weighted by molar-refractivity contribution is 5.90. The quantitative estimate of drug-likeness (QED) is 0.597. The SMILES string of the molecule is CCC1=CC[C@H]2CC[C@]3(CCC[C@@H]13)C2=O. The van der Waals surface area contributed by atoms with E-state index in [2.05, 4.69) is 13.0 Å². The molecule has 0 amide bonds. The monoisotopic (exact) mass is 204 g/mol. The molecule has 1 spiro atoms. The van der Waals surface area contributed by atoms with Crippen molar-refractivity contribution in [1.82, 2.24) is 0 Å². The number of hydrogen-bond donors (Lipinski definition) is 0. The van der Waals surface area contributed by atoms with Crippen molar-refractivity contribution in [3.63, 3.8) is 0 Å². The molecule has 2 bridgehead atoms. The fourth-order valence-electron chi connectivity index (χ4n) is 4.35. The summed E-state index contributed by atoms with van der Waals surface area (Å²) in [5, 5.41) is 0. The van der Waals surface area contributed by atoms with E-state index in [1.54, 1.807) is 5.57 Å². The van der Waals surface area contributed by atoms with Crippen LogP contribution in [0.1, 0.15) is 51.9 Å². The molecule has 0 heterocycles. The van der Waals surface area contributed by atoms with Crippen LogP contribution in [-0.2, 0) is 4.79 Å². The molecular weight excluding hydrogens is 184 g/mol. The maximum absolute atomic E-state index is 12.4. The lowest BCUT2D eigenvalue weighted by Crippen LogP contribution is -2.32. The summed E-state index contributed by atoms with van der Waals surface area (Å²) in [6, 6.07) is 0. The summed E-state index contributed by atoms with van der Waals surface area (Å²) in [6.45, 7) is 2.25. The third kappa shape index (κ3) is 1.12. The van der Waals surface area contributed by atoms with Gasteiger partial charge >= 0.3 is 0 Å². The molecule has 0 saturated heterocycles. The maximum atomic E-state index is 12.4. The van der Waals surface area contributed by atoms with Crippen LogP contribution >= 0.6 is 0 Å². The van der Waals surface area contributed by atoms with E-state index in [1.165, 1.54) is 32.1 Å². The van der Waals surface area contributed by atoms with Crippen molar-refractivity contribution in [3.8, 4) is 0 Å². The van der Waals surface area contributed by atoms with Gasteiger partial charge < -0.3 is 0 Å². The molecule has 1 heteroatoms. The number of allylic oxidation sites excluding steroid dienone is 2. The van der Waals surface area contributed by atoms with E-state index in [-0.39, 0.29) is 5.41 Å². The van der Waals surface area contributed by atoms with Crippen LogP contribution in [0.15, 0.2) is 11.6 Å². The van der Waals surface area contributed by atoms with Crippen molar-refractivity contribution in [2.75, 3.05) is 0 Å². The molecule has 2 fully saturated rings. The summed E-state index contributed by atoms with van der Waals surface area (Å²) < 4.78 is 0.